The van der Waals surface area contributed by atoms with Crippen molar-refractivity contribution in [3.63, 3.8) is 0 Å². The Morgan fingerprint density at radius 3 is 2.71 bits per heavy atom. The smallest absolute Gasteiger partial charge is 0.237 e. The Morgan fingerprint density at radius 1 is 1.14 bits per heavy atom. The van der Waals surface area contributed by atoms with Crippen molar-refractivity contribution in [1.29, 1.82) is 0 Å². The minimum absolute atomic E-state index is 0.107. The lowest BCUT2D eigenvalue weighted by Crippen LogP contribution is -2.36. The van der Waals surface area contributed by atoms with Crippen molar-refractivity contribution in [3.05, 3.63) is 59.1 Å². The third kappa shape index (κ3) is 3.80. The van der Waals surface area contributed by atoms with Gasteiger partial charge in [-0.1, -0.05) is 41.6 Å². The maximum atomic E-state index is 12.9. The van der Waals surface area contributed by atoms with E-state index in [-0.39, 0.29) is 5.91 Å². The lowest BCUT2D eigenvalue weighted by atomic mass is 10.0. The summed E-state index contributed by atoms with van der Waals surface area (Å²) < 4.78 is 2.03. The van der Waals surface area contributed by atoms with Gasteiger partial charge >= 0.3 is 0 Å². The number of hydrogen-bond acceptors (Lipinski definition) is 4. The fraction of sp³-hybridized carbons (Fsp3) is 0.286. The number of aryl methyl sites for hydroxylation is 1. The highest BCUT2D eigenvalue weighted by atomic mass is 35.5. The Kier molecular flexibility index (Phi) is 5.69. The average Bonchev–Trinajstić information content (AvgIpc) is 3.15. The largest absolute Gasteiger partial charge is 0.311 e. The molecule has 7 heteroatoms. The third-order valence-corrected chi connectivity index (χ3v) is 6.08. The van der Waals surface area contributed by atoms with E-state index in [0.29, 0.717) is 10.8 Å². The van der Waals surface area contributed by atoms with Crippen LogP contribution in [-0.4, -0.2) is 33.0 Å². The standard InChI is InChI=1S/C21H21ClN4OS/c1-2-25-20(16-9-11-17(22)12-10-16)23-24-21(25)28-14-19(27)26-13-5-7-15-6-3-4-8-18(15)26/h3-4,6,8-12H,2,5,7,13-14H2,1H3. The molecule has 144 valence electrons. The number of para-hydroxylation sites is 1. The Balaban J connectivity index is 1.50. The van der Waals surface area contributed by atoms with Gasteiger partial charge in [0.2, 0.25) is 5.91 Å². The first kappa shape index (κ1) is 19.0. The lowest BCUT2D eigenvalue weighted by Gasteiger charge is -2.29. The van der Waals surface area contributed by atoms with Gasteiger partial charge < -0.3 is 9.47 Å². The topological polar surface area (TPSA) is 51.0 Å². The first-order chi connectivity index (χ1) is 13.7. The molecule has 1 aliphatic rings. The first-order valence-electron chi connectivity index (χ1n) is 9.37. The van der Waals surface area contributed by atoms with Gasteiger partial charge in [0.25, 0.3) is 0 Å². The minimum atomic E-state index is 0.107. The van der Waals surface area contributed by atoms with Gasteiger partial charge in [0.1, 0.15) is 0 Å². The molecule has 0 spiro atoms. The van der Waals surface area contributed by atoms with Gasteiger partial charge in [0.15, 0.2) is 11.0 Å². The molecule has 0 aliphatic carbocycles. The van der Waals surface area contributed by atoms with Crippen molar-refractivity contribution in [2.24, 2.45) is 0 Å². The molecule has 0 bridgehead atoms. The SMILES string of the molecule is CCn1c(SCC(=O)N2CCCc3ccccc32)nnc1-c1ccc(Cl)cc1. The molecular weight excluding hydrogens is 392 g/mol. The van der Waals surface area contributed by atoms with Crippen LogP contribution < -0.4 is 4.90 Å². The van der Waals surface area contributed by atoms with E-state index in [2.05, 4.69) is 23.2 Å². The van der Waals surface area contributed by atoms with Crippen molar-refractivity contribution in [2.45, 2.75) is 31.5 Å². The van der Waals surface area contributed by atoms with Crippen LogP contribution in [0.2, 0.25) is 5.02 Å². The molecule has 0 saturated carbocycles. The molecule has 3 aromatic rings. The predicted molar refractivity (Wildman–Crippen MR) is 114 cm³/mol. The molecule has 4 rings (SSSR count). The molecule has 0 fully saturated rings. The molecule has 0 unspecified atom stereocenters. The van der Waals surface area contributed by atoms with Crippen LogP contribution >= 0.6 is 23.4 Å². The molecule has 2 heterocycles. The Bertz CT molecular complexity index is 986. The van der Waals surface area contributed by atoms with E-state index in [9.17, 15) is 4.79 Å². The number of fused-ring (bicyclic) bond motifs is 1. The molecule has 0 radical (unpaired) electrons. The van der Waals surface area contributed by atoms with Gasteiger partial charge in [-0.3, -0.25) is 4.79 Å². The zero-order valence-corrected chi connectivity index (χ0v) is 17.2. The van der Waals surface area contributed by atoms with E-state index in [0.717, 1.165) is 48.2 Å². The van der Waals surface area contributed by atoms with Crippen LogP contribution in [0.1, 0.15) is 18.9 Å². The second kappa shape index (κ2) is 8.37. The molecule has 28 heavy (non-hydrogen) atoms. The van der Waals surface area contributed by atoms with Gasteiger partial charge in [0, 0.05) is 29.4 Å². The summed E-state index contributed by atoms with van der Waals surface area (Å²) in [5.41, 5.74) is 3.24. The number of carbonyl (C=O) groups is 1. The molecule has 1 aromatic heterocycles. The molecule has 5 nitrogen and oxygen atoms in total. The van der Waals surface area contributed by atoms with Crippen LogP contribution in [0.15, 0.2) is 53.7 Å². The summed E-state index contributed by atoms with van der Waals surface area (Å²) in [6.07, 6.45) is 2.03. The summed E-state index contributed by atoms with van der Waals surface area (Å²) in [6, 6.07) is 15.7. The molecule has 1 aliphatic heterocycles. The lowest BCUT2D eigenvalue weighted by molar-refractivity contribution is -0.116. The van der Waals surface area contributed by atoms with Gasteiger partial charge in [-0.05, 0) is 55.7 Å². The molecule has 0 atom stereocenters. The number of hydrogen-bond donors (Lipinski definition) is 0. The van der Waals surface area contributed by atoms with E-state index in [1.165, 1.54) is 17.3 Å². The van der Waals surface area contributed by atoms with Crippen molar-refractivity contribution in [3.8, 4) is 11.4 Å². The summed E-state index contributed by atoms with van der Waals surface area (Å²) in [5.74, 6) is 1.24. The summed E-state index contributed by atoms with van der Waals surface area (Å²) >= 11 is 7.42. The monoisotopic (exact) mass is 412 g/mol. The number of amides is 1. The summed E-state index contributed by atoms with van der Waals surface area (Å²) in [4.78, 5) is 14.8. The van der Waals surface area contributed by atoms with Gasteiger partial charge in [0.05, 0.1) is 5.75 Å². The Hall–Kier alpha value is -2.31. The summed E-state index contributed by atoms with van der Waals surface area (Å²) in [7, 11) is 0. The molecule has 2 aromatic carbocycles. The maximum absolute atomic E-state index is 12.9. The van der Waals surface area contributed by atoms with Gasteiger partial charge in [-0.25, -0.2) is 0 Å². The van der Waals surface area contributed by atoms with E-state index >= 15 is 0 Å². The highest BCUT2D eigenvalue weighted by molar-refractivity contribution is 7.99. The van der Waals surface area contributed by atoms with E-state index in [4.69, 9.17) is 11.6 Å². The second-order valence-corrected chi connectivity index (χ2v) is 8.00. The van der Waals surface area contributed by atoms with Crippen molar-refractivity contribution in [1.82, 2.24) is 14.8 Å². The van der Waals surface area contributed by atoms with E-state index in [1.807, 2.05) is 51.9 Å². The quantitative estimate of drug-likeness (QED) is 0.570. The van der Waals surface area contributed by atoms with Gasteiger partial charge in [-0.2, -0.15) is 0 Å². The number of nitrogens with zero attached hydrogens (tertiary/aromatic N) is 4. The number of rotatable bonds is 5. The van der Waals surface area contributed by atoms with Crippen LogP contribution in [0.5, 0.6) is 0 Å². The number of aromatic nitrogens is 3. The molecule has 1 amide bonds. The number of thioether (sulfide) groups is 1. The average molecular weight is 413 g/mol. The van der Waals surface area contributed by atoms with Crippen LogP contribution in [0.25, 0.3) is 11.4 Å². The number of anilines is 1. The highest BCUT2D eigenvalue weighted by Crippen LogP contribution is 2.29. The van der Waals surface area contributed by atoms with Crippen molar-refractivity contribution >= 4 is 35.0 Å². The third-order valence-electron chi connectivity index (χ3n) is 4.87. The molecular formula is C21H21ClN4OS. The van der Waals surface area contributed by atoms with Gasteiger partial charge in [-0.15, -0.1) is 10.2 Å². The zero-order valence-electron chi connectivity index (χ0n) is 15.6. The number of benzene rings is 2. The van der Waals surface area contributed by atoms with E-state index in [1.54, 1.807) is 0 Å². The Labute approximate surface area is 173 Å². The highest BCUT2D eigenvalue weighted by Gasteiger charge is 2.23. The maximum Gasteiger partial charge on any atom is 0.237 e. The normalized spacial score (nSPS) is 13.4. The number of carbonyl (C=O) groups excluding carboxylic acids is 1. The van der Waals surface area contributed by atoms with Crippen LogP contribution in [0, 0.1) is 0 Å². The van der Waals surface area contributed by atoms with Crippen LogP contribution in [0.4, 0.5) is 5.69 Å². The second-order valence-electron chi connectivity index (χ2n) is 6.62. The number of halogens is 1. The fourth-order valence-corrected chi connectivity index (χ4v) is 4.49. The Morgan fingerprint density at radius 2 is 1.93 bits per heavy atom. The first-order valence-corrected chi connectivity index (χ1v) is 10.7. The van der Waals surface area contributed by atoms with E-state index < -0.39 is 0 Å². The molecule has 0 saturated heterocycles. The minimum Gasteiger partial charge on any atom is -0.311 e. The fourth-order valence-electron chi connectivity index (χ4n) is 3.49. The zero-order chi connectivity index (χ0) is 19.5. The van der Waals surface area contributed by atoms with Crippen LogP contribution in [0.3, 0.4) is 0 Å². The van der Waals surface area contributed by atoms with Crippen molar-refractivity contribution in [2.75, 3.05) is 17.2 Å². The summed E-state index contributed by atoms with van der Waals surface area (Å²) in [6.45, 7) is 3.55. The van der Waals surface area contributed by atoms with Crippen molar-refractivity contribution < 1.29 is 4.79 Å². The predicted octanol–water partition coefficient (Wildman–Crippen LogP) is 4.69. The summed E-state index contributed by atoms with van der Waals surface area (Å²) in [5, 5.41) is 10.1. The van der Waals surface area contributed by atoms with Crippen LogP contribution in [-0.2, 0) is 17.8 Å². The molecule has 0 N–H and O–H groups in total.